The molecule has 0 bridgehead atoms. The number of benzene rings is 1. The van der Waals surface area contributed by atoms with E-state index in [-0.39, 0.29) is 11.2 Å². The van der Waals surface area contributed by atoms with Gasteiger partial charge in [0.15, 0.2) is 0 Å². The van der Waals surface area contributed by atoms with Crippen molar-refractivity contribution < 1.29 is 4.39 Å². The molecule has 3 rings (SSSR count). The standard InChI is InChI=1S/C14H17FN2/c1-9-12(14(8-16)6-7-14)10-4-3-5-11(15)13(10)17(9)2/h3-5H,6-8,16H2,1-2H3. The maximum atomic E-state index is 13.9. The van der Waals surface area contributed by atoms with E-state index in [1.807, 2.05) is 17.7 Å². The second-order valence-corrected chi connectivity index (χ2v) is 5.14. The van der Waals surface area contributed by atoms with Gasteiger partial charge in [-0.2, -0.15) is 0 Å². The van der Waals surface area contributed by atoms with Gasteiger partial charge in [-0.15, -0.1) is 0 Å². The fourth-order valence-electron chi connectivity index (χ4n) is 2.96. The van der Waals surface area contributed by atoms with Crippen molar-refractivity contribution in [3.05, 3.63) is 35.3 Å². The lowest BCUT2D eigenvalue weighted by molar-refractivity contribution is 0.631. The Bertz CT molecular complexity index is 594. The highest BCUT2D eigenvalue weighted by Gasteiger charge is 2.46. The van der Waals surface area contributed by atoms with E-state index in [4.69, 9.17) is 5.73 Å². The van der Waals surface area contributed by atoms with Gasteiger partial charge < -0.3 is 10.3 Å². The number of aryl methyl sites for hydroxylation is 1. The molecular weight excluding hydrogens is 215 g/mol. The van der Waals surface area contributed by atoms with Crippen LogP contribution in [0.2, 0.25) is 0 Å². The van der Waals surface area contributed by atoms with Crippen molar-refractivity contribution >= 4 is 10.9 Å². The van der Waals surface area contributed by atoms with E-state index in [1.54, 1.807) is 6.07 Å². The molecule has 3 heteroatoms. The molecule has 2 nitrogen and oxygen atoms in total. The van der Waals surface area contributed by atoms with Gasteiger partial charge in [0.25, 0.3) is 0 Å². The lowest BCUT2D eigenvalue weighted by Crippen LogP contribution is -2.20. The second-order valence-electron chi connectivity index (χ2n) is 5.14. The van der Waals surface area contributed by atoms with Crippen LogP contribution in [0, 0.1) is 12.7 Å². The first kappa shape index (κ1) is 10.8. The summed E-state index contributed by atoms with van der Waals surface area (Å²) in [6.45, 7) is 2.72. The van der Waals surface area contributed by atoms with Crippen molar-refractivity contribution in [2.45, 2.75) is 25.2 Å². The summed E-state index contributed by atoms with van der Waals surface area (Å²) in [4.78, 5) is 0. The Kier molecular flexibility index (Phi) is 2.11. The van der Waals surface area contributed by atoms with Crippen molar-refractivity contribution in [2.75, 3.05) is 6.54 Å². The van der Waals surface area contributed by atoms with Gasteiger partial charge in [-0.1, -0.05) is 12.1 Å². The predicted octanol–water partition coefficient (Wildman–Crippen LogP) is 2.62. The SMILES string of the molecule is Cc1c(C2(CN)CC2)c2cccc(F)c2n1C. The highest BCUT2D eigenvalue weighted by molar-refractivity contribution is 5.87. The van der Waals surface area contributed by atoms with Crippen molar-refractivity contribution in [1.82, 2.24) is 4.57 Å². The van der Waals surface area contributed by atoms with Gasteiger partial charge in [-0.05, 0) is 31.4 Å². The maximum Gasteiger partial charge on any atom is 0.147 e. The Morgan fingerprint density at radius 3 is 2.71 bits per heavy atom. The average Bonchev–Trinajstić information content (AvgIpc) is 3.05. The van der Waals surface area contributed by atoms with Crippen molar-refractivity contribution in [1.29, 1.82) is 0 Å². The molecule has 17 heavy (non-hydrogen) atoms. The van der Waals surface area contributed by atoms with E-state index >= 15 is 0 Å². The Hall–Kier alpha value is -1.35. The van der Waals surface area contributed by atoms with Gasteiger partial charge in [0.2, 0.25) is 0 Å². The van der Waals surface area contributed by atoms with Gasteiger partial charge in [-0.25, -0.2) is 4.39 Å². The van der Waals surface area contributed by atoms with Crippen LogP contribution in [-0.2, 0) is 12.5 Å². The summed E-state index contributed by atoms with van der Waals surface area (Å²) in [7, 11) is 1.93. The van der Waals surface area contributed by atoms with Gasteiger partial charge in [0.1, 0.15) is 5.82 Å². The van der Waals surface area contributed by atoms with Crippen molar-refractivity contribution in [3.63, 3.8) is 0 Å². The van der Waals surface area contributed by atoms with Crippen molar-refractivity contribution in [3.8, 4) is 0 Å². The summed E-state index contributed by atoms with van der Waals surface area (Å²) in [5, 5.41) is 1.04. The van der Waals surface area contributed by atoms with Crippen LogP contribution in [0.5, 0.6) is 0 Å². The topological polar surface area (TPSA) is 30.9 Å². The Morgan fingerprint density at radius 2 is 2.12 bits per heavy atom. The van der Waals surface area contributed by atoms with E-state index in [0.29, 0.717) is 12.1 Å². The fourth-order valence-corrected chi connectivity index (χ4v) is 2.96. The van der Waals surface area contributed by atoms with E-state index in [9.17, 15) is 4.39 Å². The van der Waals surface area contributed by atoms with Crippen LogP contribution in [-0.4, -0.2) is 11.1 Å². The Labute approximate surface area is 100 Å². The second kappa shape index (κ2) is 3.33. The van der Waals surface area contributed by atoms with Gasteiger partial charge in [-0.3, -0.25) is 0 Å². The highest BCUT2D eigenvalue weighted by Crippen LogP contribution is 2.51. The van der Waals surface area contributed by atoms with E-state index in [1.165, 1.54) is 11.6 Å². The minimum atomic E-state index is -0.146. The molecule has 0 spiro atoms. The smallest absolute Gasteiger partial charge is 0.147 e. The third-order valence-electron chi connectivity index (χ3n) is 4.23. The zero-order chi connectivity index (χ0) is 12.2. The molecule has 2 N–H and O–H groups in total. The Balaban J connectivity index is 2.39. The number of aromatic nitrogens is 1. The number of hydrogen-bond acceptors (Lipinski definition) is 1. The van der Waals surface area contributed by atoms with Crippen LogP contribution < -0.4 is 5.73 Å². The number of rotatable bonds is 2. The largest absolute Gasteiger partial charge is 0.345 e. The molecule has 1 aliphatic rings. The molecule has 1 fully saturated rings. The molecular formula is C14H17FN2. The molecule has 1 aromatic heterocycles. The van der Waals surface area contributed by atoms with Gasteiger partial charge in [0, 0.05) is 30.1 Å². The molecule has 2 aromatic rings. The molecule has 0 radical (unpaired) electrons. The first-order valence-electron chi connectivity index (χ1n) is 6.05. The number of halogens is 1. The minimum absolute atomic E-state index is 0.109. The van der Waals surface area contributed by atoms with E-state index in [0.717, 1.165) is 23.9 Å². The number of nitrogens with zero attached hydrogens (tertiary/aromatic N) is 1. The molecule has 0 atom stereocenters. The van der Waals surface area contributed by atoms with E-state index in [2.05, 4.69) is 6.92 Å². The number of hydrogen-bond donors (Lipinski definition) is 1. The molecule has 0 saturated heterocycles. The summed E-state index contributed by atoms with van der Waals surface area (Å²) >= 11 is 0. The summed E-state index contributed by atoms with van der Waals surface area (Å²) in [6.07, 6.45) is 2.25. The van der Waals surface area contributed by atoms with Crippen LogP contribution in [0.1, 0.15) is 24.1 Å². The normalized spacial score (nSPS) is 17.6. The van der Waals surface area contributed by atoms with Crippen molar-refractivity contribution in [2.24, 2.45) is 12.8 Å². The molecule has 1 heterocycles. The van der Waals surface area contributed by atoms with Crippen LogP contribution in [0.4, 0.5) is 4.39 Å². The molecule has 1 aliphatic carbocycles. The lowest BCUT2D eigenvalue weighted by atomic mass is 9.93. The van der Waals surface area contributed by atoms with Crippen LogP contribution in [0.3, 0.4) is 0 Å². The van der Waals surface area contributed by atoms with Crippen LogP contribution in [0.15, 0.2) is 18.2 Å². The monoisotopic (exact) mass is 232 g/mol. The lowest BCUT2D eigenvalue weighted by Gasteiger charge is -2.13. The molecule has 0 amide bonds. The first-order valence-corrected chi connectivity index (χ1v) is 6.05. The summed E-state index contributed by atoms with van der Waals surface area (Å²) in [6, 6.07) is 5.32. The van der Waals surface area contributed by atoms with E-state index < -0.39 is 0 Å². The Morgan fingerprint density at radius 1 is 1.41 bits per heavy atom. The third-order valence-corrected chi connectivity index (χ3v) is 4.23. The average molecular weight is 232 g/mol. The summed E-state index contributed by atoms with van der Waals surface area (Å²) < 4.78 is 15.9. The van der Waals surface area contributed by atoms with Gasteiger partial charge in [0.05, 0.1) is 5.52 Å². The summed E-state index contributed by atoms with van der Waals surface area (Å²) in [5.41, 5.74) is 9.13. The third kappa shape index (κ3) is 1.29. The summed E-state index contributed by atoms with van der Waals surface area (Å²) in [5.74, 6) is -0.146. The fraction of sp³-hybridized carbons (Fsp3) is 0.429. The molecule has 0 unspecified atom stereocenters. The highest BCUT2D eigenvalue weighted by atomic mass is 19.1. The molecule has 90 valence electrons. The molecule has 1 aromatic carbocycles. The van der Waals surface area contributed by atoms with Crippen LogP contribution >= 0.6 is 0 Å². The quantitative estimate of drug-likeness (QED) is 0.847. The molecule has 1 saturated carbocycles. The number of fused-ring (bicyclic) bond motifs is 1. The first-order chi connectivity index (χ1) is 8.10. The zero-order valence-corrected chi connectivity index (χ0v) is 10.3. The van der Waals surface area contributed by atoms with Gasteiger partial charge >= 0.3 is 0 Å². The van der Waals surface area contributed by atoms with Crippen LogP contribution in [0.25, 0.3) is 10.9 Å². The number of para-hydroxylation sites is 1. The molecule has 0 aliphatic heterocycles. The minimum Gasteiger partial charge on any atom is -0.345 e. The number of nitrogens with two attached hydrogens (primary N) is 1. The maximum absolute atomic E-state index is 13.9. The zero-order valence-electron chi connectivity index (χ0n) is 10.3. The predicted molar refractivity (Wildman–Crippen MR) is 67.6 cm³/mol.